The van der Waals surface area contributed by atoms with Gasteiger partial charge in [0.25, 0.3) is 5.56 Å². The molecule has 0 aliphatic rings. The highest BCUT2D eigenvalue weighted by molar-refractivity contribution is 5.80. The zero-order chi connectivity index (χ0) is 20.4. The minimum absolute atomic E-state index is 0.295. The van der Waals surface area contributed by atoms with Crippen LogP contribution in [0.1, 0.15) is 16.7 Å². The van der Waals surface area contributed by atoms with Gasteiger partial charge in [-0.15, -0.1) is 0 Å². The minimum atomic E-state index is -0.512. The van der Waals surface area contributed by atoms with Crippen molar-refractivity contribution in [1.82, 2.24) is 19.1 Å². The highest BCUT2D eigenvalue weighted by Gasteiger charge is 2.17. The molecule has 8 heteroatoms. The van der Waals surface area contributed by atoms with E-state index in [4.69, 9.17) is 0 Å². The highest BCUT2D eigenvalue weighted by Crippen LogP contribution is 2.18. The monoisotopic (exact) mass is 388 g/mol. The largest absolute Gasteiger partial charge is 0.329 e. The van der Waals surface area contributed by atoms with E-state index in [9.17, 15) is 9.59 Å². The van der Waals surface area contributed by atoms with Crippen LogP contribution >= 0.6 is 0 Å². The molecule has 2 aromatic carbocycles. The highest BCUT2D eigenvalue weighted by atomic mass is 16.2. The summed E-state index contributed by atoms with van der Waals surface area (Å²) in [7, 11) is 1.57. The van der Waals surface area contributed by atoms with Crippen LogP contribution in [-0.4, -0.2) is 25.3 Å². The van der Waals surface area contributed by atoms with Crippen molar-refractivity contribution in [2.75, 3.05) is 5.43 Å². The molecule has 0 aliphatic heterocycles. The van der Waals surface area contributed by atoms with Gasteiger partial charge in [-0.3, -0.25) is 18.9 Å². The van der Waals surface area contributed by atoms with Gasteiger partial charge in [0.05, 0.1) is 12.8 Å². The minimum Gasteiger partial charge on any atom is -0.298 e. The second-order valence-corrected chi connectivity index (χ2v) is 6.78. The summed E-state index contributed by atoms with van der Waals surface area (Å²) in [6.07, 6.45) is 1.67. The molecule has 2 aromatic heterocycles. The summed E-state index contributed by atoms with van der Waals surface area (Å²) in [4.78, 5) is 31.3. The average Bonchev–Trinajstić information content (AvgIpc) is 3.08. The molecule has 0 aliphatic carbocycles. The topological polar surface area (TPSA) is 97.1 Å². The third kappa shape index (κ3) is 3.73. The Kier molecular flexibility index (Phi) is 4.82. The lowest BCUT2D eigenvalue weighted by Gasteiger charge is -2.08. The summed E-state index contributed by atoms with van der Waals surface area (Å²) < 4.78 is 3.04. The first-order valence-corrected chi connectivity index (χ1v) is 9.12. The number of hydrazone groups is 1. The number of nitrogens with one attached hydrogen (secondary N) is 2. The Bertz CT molecular complexity index is 1300. The van der Waals surface area contributed by atoms with Crippen LogP contribution in [0.15, 0.2) is 69.3 Å². The lowest BCUT2D eigenvalue weighted by Crippen LogP contribution is -2.29. The molecule has 0 amide bonds. The van der Waals surface area contributed by atoms with Gasteiger partial charge in [0.1, 0.15) is 0 Å². The Morgan fingerprint density at radius 2 is 1.83 bits per heavy atom. The first-order valence-electron chi connectivity index (χ1n) is 9.12. The summed E-state index contributed by atoms with van der Waals surface area (Å²) >= 11 is 0. The average molecular weight is 388 g/mol. The zero-order valence-electron chi connectivity index (χ0n) is 16.1. The van der Waals surface area contributed by atoms with Crippen LogP contribution in [0.4, 0.5) is 5.95 Å². The quantitative estimate of drug-likeness (QED) is 0.405. The van der Waals surface area contributed by atoms with Crippen molar-refractivity contribution >= 4 is 23.3 Å². The molecule has 0 saturated carbocycles. The molecule has 4 aromatic rings. The number of rotatable bonds is 5. The van der Waals surface area contributed by atoms with E-state index < -0.39 is 11.2 Å². The third-order valence-electron chi connectivity index (χ3n) is 4.65. The number of H-pyrrole nitrogens is 1. The number of imidazole rings is 1. The van der Waals surface area contributed by atoms with Crippen LogP contribution in [0.2, 0.25) is 0 Å². The molecular formula is C21H20N6O2. The van der Waals surface area contributed by atoms with Crippen LogP contribution in [0.5, 0.6) is 0 Å². The van der Waals surface area contributed by atoms with Gasteiger partial charge in [0, 0.05) is 7.05 Å². The summed E-state index contributed by atoms with van der Waals surface area (Å²) in [5.74, 6) is 0.374. The molecule has 0 saturated heterocycles. The third-order valence-corrected chi connectivity index (χ3v) is 4.65. The molecule has 0 spiro atoms. The SMILES string of the molecule is Cc1ccc(Cn2c(N/N=C/c3ccccc3)nc3c2c(=O)[nH]c(=O)n3C)cc1. The van der Waals surface area contributed by atoms with E-state index in [1.807, 2.05) is 61.5 Å². The molecule has 0 atom stereocenters. The molecule has 2 N–H and O–H groups in total. The molecule has 0 radical (unpaired) electrons. The van der Waals surface area contributed by atoms with Crippen molar-refractivity contribution in [3.8, 4) is 0 Å². The normalized spacial score (nSPS) is 11.4. The van der Waals surface area contributed by atoms with Crippen LogP contribution in [0, 0.1) is 6.92 Å². The zero-order valence-corrected chi connectivity index (χ0v) is 16.1. The van der Waals surface area contributed by atoms with Crippen molar-refractivity contribution in [3.05, 3.63) is 92.1 Å². The number of hydrogen-bond donors (Lipinski definition) is 2. The number of nitrogens with zero attached hydrogens (tertiary/aromatic N) is 4. The van der Waals surface area contributed by atoms with Gasteiger partial charge in [0.2, 0.25) is 5.95 Å². The van der Waals surface area contributed by atoms with E-state index in [2.05, 4.69) is 20.5 Å². The smallest absolute Gasteiger partial charge is 0.298 e. The molecule has 2 heterocycles. The lowest BCUT2D eigenvalue weighted by molar-refractivity contribution is 0.808. The maximum Gasteiger partial charge on any atom is 0.329 e. The number of fused-ring (bicyclic) bond motifs is 1. The first kappa shape index (κ1) is 18.4. The fourth-order valence-electron chi connectivity index (χ4n) is 3.05. The van der Waals surface area contributed by atoms with E-state index in [-0.39, 0.29) is 0 Å². The van der Waals surface area contributed by atoms with Gasteiger partial charge >= 0.3 is 5.69 Å². The predicted octanol–water partition coefficient (Wildman–Crippen LogP) is 2.23. The second-order valence-electron chi connectivity index (χ2n) is 6.78. The van der Waals surface area contributed by atoms with Gasteiger partial charge in [-0.2, -0.15) is 10.1 Å². The van der Waals surface area contributed by atoms with Crippen molar-refractivity contribution < 1.29 is 0 Å². The number of aromatic nitrogens is 4. The molecule has 146 valence electrons. The summed E-state index contributed by atoms with van der Waals surface area (Å²) in [5.41, 5.74) is 5.59. The Morgan fingerprint density at radius 1 is 1.10 bits per heavy atom. The summed E-state index contributed by atoms with van der Waals surface area (Å²) in [5, 5.41) is 4.25. The number of anilines is 1. The Balaban J connectivity index is 1.79. The van der Waals surface area contributed by atoms with E-state index in [0.717, 1.165) is 16.7 Å². The van der Waals surface area contributed by atoms with Gasteiger partial charge < -0.3 is 0 Å². The molecule has 0 fully saturated rings. The van der Waals surface area contributed by atoms with Crippen molar-refractivity contribution in [2.45, 2.75) is 13.5 Å². The van der Waals surface area contributed by atoms with Gasteiger partial charge in [0.15, 0.2) is 11.2 Å². The fraction of sp³-hybridized carbons (Fsp3) is 0.143. The Hall–Kier alpha value is -3.94. The van der Waals surface area contributed by atoms with Crippen molar-refractivity contribution in [3.63, 3.8) is 0 Å². The molecular weight excluding hydrogens is 368 g/mol. The van der Waals surface area contributed by atoms with Crippen LogP contribution in [-0.2, 0) is 13.6 Å². The predicted molar refractivity (Wildman–Crippen MR) is 114 cm³/mol. The van der Waals surface area contributed by atoms with Crippen LogP contribution < -0.4 is 16.7 Å². The maximum absolute atomic E-state index is 12.5. The van der Waals surface area contributed by atoms with Gasteiger partial charge in [-0.05, 0) is 18.1 Å². The number of aromatic amines is 1. The molecule has 29 heavy (non-hydrogen) atoms. The summed E-state index contributed by atoms with van der Waals surface area (Å²) in [6, 6.07) is 17.6. The van der Waals surface area contributed by atoms with Crippen molar-refractivity contribution in [2.24, 2.45) is 12.1 Å². The number of hydrogen-bond acceptors (Lipinski definition) is 5. The Labute approximate surface area is 166 Å². The van der Waals surface area contributed by atoms with Crippen LogP contribution in [0.25, 0.3) is 11.2 Å². The number of benzene rings is 2. The lowest BCUT2D eigenvalue weighted by atomic mass is 10.1. The molecule has 4 rings (SSSR count). The van der Waals surface area contributed by atoms with Gasteiger partial charge in [-0.25, -0.2) is 10.2 Å². The van der Waals surface area contributed by atoms with Crippen molar-refractivity contribution in [1.29, 1.82) is 0 Å². The van der Waals surface area contributed by atoms with E-state index in [1.165, 1.54) is 4.57 Å². The standard InChI is InChI=1S/C21H20N6O2/c1-14-8-10-16(11-9-14)13-27-17-18(26(2)21(29)24-19(17)28)23-20(27)25-22-12-15-6-4-3-5-7-15/h3-12H,13H2,1-2H3,(H,23,25)(H,24,28,29)/b22-12+. The Morgan fingerprint density at radius 3 is 2.55 bits per heavy atom. The van der Waals surface area contributed by atoms with Gasteiger partial charge in [-0.1, -0.05) is 60.2 Å². The first-order chi connectivity index (χ1) is 14.0. The molecule has 0 unspecified atom stereocenters. The van der Waals surface area contributed by atoms with Crippen LogP contribution in [0.3, 0.4) is 0 Å². The van der Waals surface area contributed by atoms with E-state index in [1.54, 1.807) is 17.8 Å². The molecule has 0 bridgehead atoms. The summed E-state index contributed by atoms with van der Waals surface area (Å²) in [6.45, 7) is 2.42. The number of aryl methyl sites for hydroxylation is 2. The second kappa shape index (κ2) is 7.59. The van der Waals surface area contributed by atoms with E-state index in [0.29, 0.717) is 23.7 Å². The fourth-order valence-corrected chi connectivity index (χ4v) is 3.05. The van der Waals surface area contributed by atoms with E-state index >= 15 is 0 Å². The molecule has 8 nitrogen and oxygen atoms in total. The maximum atomic E-state index is 12.5.